The average molecular weight is 507 g/mol. The van der Waals surface area contributed by atoms with Crippen LogP contribution in [0.2, 0.25) is 0 Å². The molecule has 0 heterocycles. The molecule has 0 aromatic heterocycles. The van der Waals surface area contributed by atoms with E-state index in [2.05, 4.69) is 0 Å². The SMILES string of the molecule is CC(C)(C)C(=O)OC[C@H](OCc1ccccc1)[C@H](OCc1ccccc1)[C@@H](CO)OCc1ccccc1. The standard InChI is InChI=1S/C31H38O6/c1-31(2,3)30(33)37-23-28(35-21-25-15-9-5-10-16-25)29(36-22-26-17-11-6-12-18-26)27(19-32)34-20-24-13-7-4-8-14-24/h4-18,27-29,32H,19-23H2,1-3H3/t27-,28+,29-/m1/s1. The molecule has 3 aromatic rings. The fourth-order valence-corrected chi connectivity index (χ4v) is 3.64. The molecule has 0 unspecified atom stereocenters. The maximum Gasteiger partial charge on any atom is 0.311 e. The van der Waals surface area contributed by atoms with E-state index in [0.717, 1.165) is 16.7 Å². The lowest BCUT2D eigenvalue weighted by Gasteiger charge is -2.33. The smallest absolute Gasteiger partial charge is 0.311 e. The summed E-state index contributed by atoms with van der Waals surface area (Å²) in [7, 11) is 0. The molecular formula is C31H38O6. The molecule has 6 nitrogen and oxygen atoms in total. The zero-order valence-electron chi connectivity index (χ0n) is 21.9. The van der Waals surface area contributed by atoms with E-state index >= 15 is 0 Å². The van der Waals surface area contributed by atoms with Crippen LogP contribution in [0.25, 0.3) is 0 Å². The summed E-state index contributed by atoms with van der Waals surface area (Å²) in [6.45, 7) is 5.96. The van der Waals surface area contributed by atoms with Crippen molar-refractivity contribution in [1.29, 1.82) is 0 Å². The second kappa shape index (κ2) is 14.6. The molecule has 3 atom stereocenters. The van der Waals surface area contributed by atoms with Crippen molar-refractivity contribution in [3.8, 4) is 0 Å². The van der Waals surface area contributed by atoms with Crippen molar-refractivity contribution in [1.82, 2.24) is 0 Å². The number of aliphatic hydroxyl groups excluding tert-OH is 1. The summed E-state index contributed by atoms with van der Waals surface area (Å²) < 4.78 is 24.4. The fourth-order valence-electron chi connectivity index (χ4n) is 3.64. The first-order valence-corrected chi connectivity index (χ1v) is 12.6. The van der Waals surface area contributed by atoms with Crippen LogP contribution in [-0.4, -0.2) is 42.6 Å². The molecule has 198 valence electrons. The molecular weight excluding hydrogens is 468 g/mol. The van der Waals surface area contributed by atoms with Gasteiger partial charge < -0.3 is 24.1 Å². The van der Waals surface area contributed by atoms with Crippen LogP contribution in [0.5, 0.6) is 0 Å². The Kier molecular flexibility index (Phi) is 11.3. The van der Waals surface area contributed by atoms with Gasteiger partial charge in [0.05, 0.1) is 31.8 Å². The summed E-state index contributed by atoms with van der Waals surface area (Å²) in [5.41, 5.74) is 2.26. The number of carbonyl (C=O) groups is 1. The maximum atomic E-state index is 12.6. The first-order valence-electron chi connectivity index (χ1n) is 12.6. The lowest BCUT2D eigenvalue weighted by atomic mass is 9.97. The van der Waals surface area contributed by atoms with Crippen LogP contribution in [0.3, 0.4) is 0 Å². The molecule has 0 radical (unpaired) electrons. The third-order valence-electron chi connectivity index (χ3n) is 5.80. The van der Waals surface area contributed by atoms with E-state index in [-0.39, 0.29) is 25.8 Å². The molecule has 0 spiro atoms. The van der Waals surface area contributed by atoms with Crippen molar-refractivity contribution in [2.45, 2.75) is 58.9 Å². The number of aliphatic hydroxyl groups is 1. The third-order valence-corrected chi connectivity index (χ3v) is 5.80. The Labute approximate surface area is 220 Å². The molecule has 0 fully saturated rings. The zero-order chi connectivity index (χ0) is 26.5. The second-order valence-corrected chi connectivity index (χ2v) is 9.96. The monoisotopic (exact) mass is 506 g/mol. The van der Waals surface area contributed by atoms with Gasteiger partial charge in [0.1, 0.15) is 24.9 Å². The van der Waals surface area contributed by atoms with Gasteiger partial charge in [-0.3, -0.25) is 4.79 Å². The lowest BCUT2D eigenvalue weighted by molar-refractivity contribution is -0.184. The van der Waals surface area contributed by atoms with E-state index in [0.29, 0.717) is 13.2 Å². The highest BCUT2D eigenvalue weighted by molar-refractivity contribution is 5.75. The van der Waals surface area contributed by atoms with Crippen molar-refractivity contribution >= 4 is 5.97 Å². The Morgan fingerprint density at radius 3 is 1.49 bits per heavy atom. The molecule has 1 N–H and O–H groups in total. The lowest BCUT2D eigenvalue weighted by Crippen LogP contribution is -2.47. The first-order chi connectivity index (χ1) is 17.9. The zero-order valence-corrected chi connectivity index (χ0v) is 21.9. The van der Waals surface area contributed by atoms with Gasteiger partial charge in [-0.25, -0.2) is 0 Å². The molecule has 0 bridgehead atoms. The molecule has 0 saturated carbocycles. The Hall–Kier alpha value is -3.03. The minimum atomic E-state index is -0.710. The molecule has 6 heteroatoms. The number of ether oxygens (including phenoxy) is 4. The molecule has 0 aliphatic carbocycles. The number of esters is 1. The summed E-state index contributed by atoms with van der Waals surface area (Å²) in [6, 6.07) is 29.3. The van der Waals surface area contributed by atoms with Gasteiger partial charge in [0.25, 0.3) is 0 Å². The van der Waals surface area contributed by atoms with E-state index in [9.17, 15) is 9.90 Å². The van der Waals surface area contributed by atoms with Crippen molar-refractivity contribution in [2.24, 2.45) is 5.41 Å². The number of rotatable bonds is 14. The van der Waals surface area contributed by atoms with Crippen molar-refractivity contribution in [2.75, 3.05) is 13.2 Å². The number of hydrogen-bond acceptors (Lipinski definition) is 6. The van der Waals surface area contributed by atoms with Gasteiger partial charge in [-0.05, 0) is 37.5 Å². The van der Waals surface area contributed by atoms with E-state index in [1.807, 2.05) is 91.0 Å². The largest absolute Gasteiger partial charge is 0.462 e. The number of benzene rings is 3. The van der Waals surface area contributed by atoms with Gasteiger partial charge in [-0.2, -0.15) is 0 Å². The van der Waals surface area contributed by atoms with Gasteiger partial charge in [-0.1, -0.05) is 91.0 Å². The van der Waals surface area contributed by atoms with Gasteiger partial charge in [-0.15, -0.1) is 0 Å². The van der Waals surface area contributed by atoms with E-state index in [1.54, 1.807) is 20.8 Å². The molecule has 3 rings (SSSR count). The third kappa shape index (κ3) is 9.74. The van der Waals surface area contributed by atoms with Crippen LogP contribution < -0.4 is 0 Å². The Morgan fingerprint density at radius 1 is 0.676 bits per heavy atom. The highest BCUT2D eigenvalue weighted by Crippen LogP contribution is 2.21. The summed E-state index contributed by atoms with van der Waals surface area (Å²) in [4.78, 5) is 12.6. The topological polar surface area (TPSA) is 74.2 Å². The predicted molar refractivity (Wildman–Crippen MR) is 143 cm³/mol. The summed E-state index contributed by atoms with van der Waals surface area (Å²) in [5, 5.41) is 10.3. The maximum absolute atomic E-state index is 12.6. The van der Waals surface area contributed by atoms with Crippen molar-refractivity contribution in [3.63, 3.8) is 0 Å². The minimum absolute atomic E-state index is 0.0341. The molecule has 0 saturated heterocycles. The Bertz CT molecular complexity index is 1030. The summed E-state index contributed by atoms with van der Waals surface area (Å²) in [5.74, 6) is -0.339. The highest BCUT2D eigenvalue weighted by Gasteiger charge is 2.34. The Morgan fingerprint density at radius 2 is 1.08 bits per heavy atom. The van der Waals surface area contributed by atoms with Gasteiger partial charge in [0, 0.05) is 0 Å². The van der Waals surface area contributed by atoms with Gasteiger partial charge >= 0.3 is 5.97 Å². The van der Waals surface area contributed by atoms with Crippen LogP contribution in [0.15, 0.2) is 91.0 Å². The molecule has 0 aliphatic rings. The van der Waals surface area contributed by atoms with E-state index in [1.165, 1.54) is 0 Å². The first kappa shape index (κ1) is 28.5. The second-order valence-electron chi connectivity index (χ2n) is 9.96. The van der Waals surface area contributed by atoms with Crippen LogP contribution >= 0.6 is 0 Å². The van der Waals surface area contributed by atoms with Gasteiger partial charge in [0.2, 0.25) is 0 Å². The van der Waals surface area contributed by atoms with E-state index < -0.39 is 23.7 Å². The normalized spacial score (nSPS) is 14.1. The fraction of sp³-hybridized carbons (Fsp3) is 0.387. The van der Waals surface area contributed by atoms with Crippen molar-refractivity contribution in [3.05, 3.63) is 108 Å². The molecule has 37 heavy (non-hydrogen) atoms. The molecule has 0 aliphatic heterocycles. The highest BCUT2D eigenvalue weighted by atomic mass is 16.6. The van der Waals surface area contributed by atoms with Gasteiger partial charge in [0.15, 0.2) is 0 Å². The molecule has 3 aromatic carbocycles. The number of carbonyl (C=O) groups excluding carboxylic acids is 1. The minimum Gasteiger partial charge on any atom is -0.462 e. The quantitative estimate of drug-likeness (QED) is 0.298. The van der Waals surface area contributed by atoms with Crippen LogP contribution in [-0.2, 0) is 43.6 Å². The Balaban J connectivity index is 1.82. The summed E-state index contributed by atoms with van der Waals surface area (Å²) in [6.07, 6.45) is -2.09. The van der Waals surface area contributed by atoms with Crippen LogP contribution in [0.1, 0.15) is 37.5 Å². The van der Waals surface area contributed by atoms with Crippen LogP contribution in [0, 0.1) is 5.41 Å². The van der Waals surface area contributed by atoms with Crippen molar-refractivity contribution < 1.29 is 28.8 Å². The van der Waals surface area contributed by atoms with E-state index in [4.69, 9.17) is 18.9 Å². The summed E-state index contributed by atoms with van der Waals surface area (Å²) >= 11 is 0. The number of hydrogen-bond donors (Lipinski definition) is 1. The average Bonchev–Trinajstić information content (AvgIpc) is 2.92. The van der Waals surface area contributed by atoms with Crippen LogP contribution in [0.4, 0.5) is 0 Å². The predicted octanol–water partition coefficient (Wildman–Crippen LogP) is 5.32. The molecule has 0 amide bonds.